The quantitative estimate of drug-likeness (QED) is 0.836. The number of alkyl carbamates (subject to hydrolysis) is 1. The first-order valence-electron chi connectivity index (χ1n) is 7.60. The molecular weight excluding hydrogens is 284 g/mol. The Morgan fingerprint density at radius 2 is 2.09 bits per heavy atom. The Kier molecular flexibility index (Phi) is 6.00. The molecule has 7 heteroatoms. The highest BCUT2D eigenvalue weighted by Crippen LogP contribution is 2.20. The summed E-state index contributed by atoms with van der Waals surface area (Å²) in [5, 5.41) is 5.20. The summed E-state index contributed by atoms with van der Waals surface area (Å²) in [4.78, 5) is 29.3. The highest BCUT2D eigenvalue weighted by molar-refractivity contribution is 5.90. The SMILES string of the molecule is CCOC(=O)NCCC(=O)Nc1ccc(N2CCCC2)cn1. The Morgan fingerprint density at radius 1 is 1.32 bits per heavy atom. The van der Waals surface area contributed by atoms with Crippen molar-refractivity contribution in [3.63, 3.8) is 0 Å². The molecule has 2 N–H and O–H groups in total. The molecule has 0 radical (unpaired) electrons. The number of anilines is 2. The molecule has 1 aliphatic rings. The van der Waals surface area contributed by atoms with Crippen LogP contribution in [0.4, 0.5) is 16.3 Å². The third-order valence-corrected chi connectivity index (χ3v) is 3.38. The first-order valence-corrected chi connectivity index (χ1v) is 7.60. The van der Waals surface area contributed by atoms with Gasteiger partial charge in [-0.25, -0.2) is 9.78 Å². The number of amides is 2. The second kappa shape index (κ2) is 8.21. The van der Waals surface area contributed by atoms with E-state index in [4.69, 9.17) is 4.74 Å². The van der Waals surface area contributed by atoms with Crippen LogP contribution in [0.5, 0.6) is 0 Å². The van der Waals surface area contributed by atoms with Crippen molar-refractivity contribution >= 4 is 23.5 Å². The average molecular weight is 306 g/mol. The van der Waals surface area contributed by atoms with Crippen LogP contribution in [0.25, 0.3) is 0 Å². The van der Waals surface area contributed by atoms with Crippen LogP contribution in [0.1, 0.15) is 26.2 Å². The standard InChI is InChI=1S/C15H22N4O3/c1-2-22-15(21)16-8-7-14(20)18-13-6-5-12(11-17-13)19-9-3-4-10-19/h5-6,11H,2-4,7-10H2,1H3,(H,16,21)(H,17,18,20). The molecule has 1 saturated heterocycles. The monoisotopic (exact) mass is 306 g/mol. The summed E-state index contributed by atoms with van der Waals surface area (Å²) in [5.41, 5.74) is 1.08. The molecule has 1 fully saturated rings. The second-order valence-corrected chi connectivity index (χ2v) is 5.04. The van der Waals surface area contributed by atoms with Crippen LogP contribution in [-0.2, 0) is 9.53 Å². The molecule has 120 valence electrons. The van der Waals surface area contributed by atoms with E-state index in [0.29, 0.717) is 12.4 Å². The number of hydrogen-bond donors (Lipinski definition) is 2. The number of hydrogen-bond acceptors (Lipinski definition) is 5. The molecule has 1 aliphatic heterocycles. The predicted molar refractivity (Wildman–Crippen MR) is 84.0 cm³/mol. The van der Waals surface area contributed by atoms with Crippen LogP contribution < -0.4 is 15.5 Å². The lowest BCUT2D eigenvalue weighted by molar-refractivity contribution is -0.116. The molecule has 0 bridgehead atoms. The van der Waals surface area contributed by atoms with Crippen LogP contribution in [0.3, 0.4) is 0 Å². The van der Waals surface area contributed by atoms with E-state index >= 15 is 0 Å². The zero-order valence-corrected chi connectivity index (χ0v) is 12.8. The third-order valence-electron chi connectivity index (χ3n) is 3.38. The van der Waals surface area contributed by atoms with Crippen molar-refractivity contribution in [1.29, 1.82) is 0 Å². The van der Waals surface area contributed by atoms with E-state index in [-0.39, 0.29) is 18.9 Å². The lowest BCUT2D eigenvalue weighted by Crippen LogP contribution is -2.28. The zero-order valence-electron chi connectivity index (χ0n) is 12.8. The van der Waals surface area contributed by atoms with Gasteiger partial charge in [0.1, 0.15) is 5.82 Å². The van der Waals surface area contributed by atoms with Crippen molar-refractivity contribution in [3.05, 3.63) is 18.3 Å². The number of aromatic nitrogens is 1. The molecule has 1 aromatic rings. The van der Waals surface area contributed by atoms with E-state index in [1.807, 2.05) is 6.07 Å². The van der Waals surface area contributed by atoms with Crippen LogP contribution in [-0.4, -0.2) is 43.2 Å². The lowest BCUT2D eigenvalue weighted by Gasteiger charge is -2.17. The number of ether oxygens (including phenoxy) is 1. The molecule has 1 aromatic heterocycles. The van der Waals surface area contributed by atoms with E-state index in [2.05, 4.69) is 20.5 Å². The maximum atomic E-state index is 11.7. The van der Waals surface area contributed by atoms with Gasteiger partial charge in [0.05, 0.1) is 18.5 Å². The number of nitrogens with one attached hydrogen (secondary N) is 2. The smallest absolute Gasteiger partial charge is 0.407 e. The number of rotatable bonds is 6. The van der Waals surface area contributed by atoms with Gasteiger partial charge in [0.15, 0.2) is 0 Å². The molecule has 0 aromatic carbocycles. The van der Waals surface area contributed by atoms with Crippen molar-refractivity contribution in [2.24, 2.45) is 0 Å². The molecule has 2 heterocycles. The zero-order chi connectivity index (χ0) is 15.8. The molecule has 0 saturated carbocycles. The summed E-state index contributed by atoms with van der Waals surface area (Å²) in [6.07, 6.45) is 3.87. The number of carbonyl (C=O) groups excluding carboxylic acids is 2. The average Bonchev–Trinajstić information content (AvgIpc) is 3.02. The van der Waals surface area contributed by atoms with E-state index in [0.717, 1.165) is 18.8 Å². The molecule has 0 atom stereocenters. The van der Waals surface area contributed by atoms with Crippen molar-refractivity contribution in [3.8, 4) is 0 Å². The summed E-state index contributed by atoms with van der Waals surface area (Å²) >= 11 is 0. The summed E-state index contributed by atoms with van der Waals surface area (Å²) in [7, 11) is 0. The summed E-state index contributed by atoms with van der Waals surface area (Å²) in [6.45, 7) is 4.39. The highest BCUT2D eigenvalue weighted by Gasteiger charge is 2.12. The van der Waals surface area contributed by atoms with Gasteiger partial charge in [0.25, 0.3) is 0 Å². The normalized spacial score (nSPS) is 13.8. The van der Waals surface area contributed by atoms with Gasteiger partial charge in [-0.1, -0.05) is 0 Å². The van der Waals surface area contributed by atoms with Gasteiger partial charge < -0.3 is 20.3 Å². The van der Waals surface area contributed by atoms with Crippen LogP contribution in [0.15, 0.2) is 18.3 Å². The summed E-state index contributed by atoms with van der Waals surface area (Å²) in [5.74, 6) is 0.322. The number of carbonyl (C=O) groups is 2. The maximum Gasteiger partial charge on any atom is 0.407 e. The van der Waals surface area contributed by atoms with Crippen molar-refractivity contribution in [2.75, 3.05) is 36.5 Å². The fourth-order valence-corrected chi connectivity index (χ4v) is 2.29. The Hall–Kier alpha value is -2.31. The minimum atomic E-state index is -0.511. The van der Waals surface area contributed by atoms with E-state index < -0.39 is 6.09 Å². The molecule has 2 amide bonds. The van der Waals surface area contributed by atoms with Crippen LogP contribution in [0, 0.1) is 0 Å². The number of pyridine rings is 1. The van der Waals surface area contributed by atoms with Crippen molar-refractivity contribution in [1.82, 2.24) is 10.3 Å². The predicted octanol–water partition coefficient (Wildman–Crippen LogP) is 1.76. The molecule has 7 nitrogen and oxygen atoms in total. The van der Waals surface area contributed by atoms with E-state index in [9.17, 15) is 9.59 Å². The first-order chi connectivity index (χ1) is 10.7. The minimum absolute atomic E-state index is 0.175. The van der Waals surface area contributed by atoms with Gasteiger partial charge in [-0.05, 0) is 31.9 Å². The van der Waals surface area contributed by atoms with Gasteiger partial charge >= 0.3 is 6.09 Å². The fourth-order valence-electron chi connectivity index (χ4n) is 2.29. The second-order valence-electron chi connectivity index (χ2n) is 5.04. The fraction of sp³-hybridized carbons (Fsp3) is 0.533. The minimum Gasteiger partial charge on any atom is -0.450 e. The highest BCUT2D eigenvalue weighted by atomic mass is 16.5. The Morgan fingerprint density at radius 3 is 2.73 bits per heavy atom. The summed E-state index contributed by atoms with van der Waals surface area (Å²) < 4.78 is 4.71. The Balaban J connectivity index is 1.73. The third kappa shape index (κ3) is 4.91. The van der Waals surface area contributed by atoms with Crippen molar-refractivity contribution in [2.45, 2.75) is 26.2 Å². The van der Waals surface area contributed by atoms with Gasteiger partial charge in [-0.15, -0.1) is 0 Å². The van der Waals surface area contributed by atoms with Gasteiger partial charge in [0.2, 0.25) is 5.91 Å². The Bertz CT molecular complexity index is 498. The molecule has 22 heavy (non-hydrogen) atoms. The first kappa shape index (κ1) is 16.1. The van der Waals surface area contributed by atoms with Crippen LogP contribution in [0.2, 0.25) is 0 Å². The maximum absolute atomic E-state index is 11.7. The lowest BCUT2D eigenvalue weighted by atomic mass is 10.3. The molecular formula is C15H22N4O3. The van der Waals surface area contributed by atoms with E-state index in [1.54, 1.807) is 19.2 Å². The summed E-state index contributed by atoms with van der Waals surface area (Å²) in [6, 6.07) is 3.76. The Labute approximate surface area is 130 Å². The van der Waals surface area contributed by atoms with Gasteiger partial charge in [-0.3, -0.25) is 4.79 Å². The van der Waals surface area contributed by atoms with Crippen LogP contribution >= 0.6 is 0 Å². The topological polar surface area (TPSA) is 83.6 Å². The van der Waals surface area contributed by atoms with Gasteiger partial charge in [0, 0.05) is 26.1 Å². The largest absolute Gasteiger partial charge is 0.450 e. The molecule has 0 aliphatic carbocycles. The molecule has 2 rings (SSSR count). The van der Waals surface area contributed by atoms with Crippen molar-refractivity contribution < 1.29 is 14.3 Å². The molecule has 0 unspecified atom stereocenters. The van der Waals surface area contributed by atoms with E-state index in [1.165, 1.54) is 12.8 Å². The van der Waals surface area contributed by atoms with Gasteiger partial charge in [-0.2, -0.15) is 0 Å². The number of nitrogens with zero attached hydrogens (tertiary/aromatic N) is 2. The molecule has 0 spiro atoms.